The Morgan fingerprint density at radius 1 is 0.657 bits per heavy atom. The van der Waals surface area contributed by atoms with Crippen LogP contribution in [0.25, 0.3) is 11.1 Å². The van der Waals surface area contributed by atoms with Crippen LogP contribution in [-0.2, 0) is 17.3 Å². The largest absolute Gasteiger partial charge is 0.0713 e. The third-order valence-electron chi connectivity index (χ3n) is 7.81. The molecule has 4 aromatic carbocycles. The van der Waals surface area contributed by atoms with Gasteiger partial charge in [-0.15, -0.1) is 0 Å². The molecule has 0 heteroatoms. The first-order valence-electron chi connectivity index (χ1n) is 13.2. The fourth-order valence-corrected chi connectivity index (χ4v) is 5.90. The maximum atomic E-state index is 2.48. The SMILES string of the molecule is CCCCc1cccc(C2(c3ccc(C(C)(C)C)cc3)c3cc(C)ccc3-c3ccc(C)cc32)c1. The van der Waals surface area contributed by atoms with Gasteiger partial charge in [0.1, 0.15) is 0 Å². The van der Waals surface area contributed by atoms with E-state index in [0.717, 1.165) is 6.42 Å². The lowest BCUT2D eigenvalue weighted by Crippen LogP contribution is -2.29. The summed E-state index contributed by atoms with van der Waals surface area (Å²) in [4.78, 5) is 0. The van der Waals surface area contributed by atoms with Crippen LogP contribution in [0.3, 0.4) is 0 Å². The maximum absolute atomic E-state index is 2.48. The zero-order valence-corrected chi connectivity index (χ0v) is 22.2. The van der Waals surface area contributed by atoms with Crippen molar-refractivity contribution in [2.45, 2.75) is 71.6 Å². The Morgan fingerprint density at radius 2 is 1.26 bits per heavy atom. The van der Waals surface area contributed by atoms with Gasteiger partial charge in [0.25, 0.3) is 0 Å². The molecule has 0 bridgehead atoms. The Bertz CT molecular complexity index is 1310. The van der Waals surface area contributed by atoms with Crippen molar-refractivity contribution in [2.75, 3.05) is 0 Å². The molecule has 1 aliphatic carbocycles. The molecule has 1 aliphatic rings. The van der Waals surface area contributed by atoms with Gasteiger partial charge < -0.3 is 0 Å². The van der Waals surface area contributed by atoms with Crippen molar-refractivity contribution < 1.29 is 0 Å². The van der Waals surface area contributed by atoms with Gasteiger partial charge in [-0.25, -0.2) is 0 Å². The van der Waals surface area contributed by atoms with Crippen LogP contribution in [-0.4, -0.2) is 0 Å². The number of fused-ring (bicyclic) bond motifs is 3. The van der Waals surface area contributed by atoms with E-state index >= 15 is 0 Å². The van der Waals surface area contributed by atoms with Crippen LogP contribution >= 0.6 is 0 Å². The quantitative estimate of drug-likeness (QED) is 0.246. The van der Waals surface area contributed by atoms with Gasteiger partial charge in [-0.3, -0.25) is 0 Å². The predicted molar refractivity (Wildman–Crippen MR) is 151 cm³/mol. The molecule has 0 spiro atoms. The van der Waals surface area contributed by atoms with Crippen LogP contribution in [0.4, 0.5) is 0 Å². The average molecular weight is 459 g/mol. The molecule has 0 heterocycles. The van der Waals surface area contributed by atoms with Crippen molar-refractivity contribution in [3.8, 4) is 11.1 Å². The normalized spacial score (nSPS) is 14.0. The summed E-state index contributed by atoms with van der Waals surface area (Å²) in [6.07, 6.45) is 3.57. The fraction of sp³-hybridized carbons (Fsp3) is 0.314. The van der Waals surface area contributed by atoms with Gasteiger partial charge in [-0.05, 0) is 76.6 Å². The molecule has 0 saturated carbocycles. The van der Waals surface area contributed by atoms with Crippen LogP contribution in [0.2, 0.25) is 0 Å². The second kappa shape index (κ2) is 8.83. The lowest BCUT2D eigenvalue weighted by atomic mass is 9.66. The third-order valence-corrected chi connectivity index (χ3v) is 7.81. The average Bonchev–Trinajstić information content (AvgIpc) is 3.11. The Hall–Kier alpha value is -3.12. The van der Waals surface area contributed by atoms with Gasteiger partial charge in [0.15, 0.2) is 0 Å². The van der Waals surface area contributed by atoms with Gasteiger partial charge >= 0.3 is 0 Å². The fourth-order valence-electron chi connectivity index (χ4n) is 5.90. The summed E-state index contributed by atoms with van der Waals surface area (Å²) in [5.74, 6) is 0. The third kappa shape index (κ3) is 3.94. The van der Waals surface area contributed by atoms with Gasteiger partial charge in [0.05, 0.1) is 5.41 Å². The number of rotatable bonds is 5. The smallest absolute Gasteiger partial charge is 0.0654 e. The molecule has 0 N–H and O–H groups in total. The molecule has 35 heavy (non-hydrogen) atoms. The first-order chi connectivity index (χ1) is 16.7. The van der Waals surface area contributed by atoms with E-state index in [-0.39, 0.29) is 10.8 Å². The van der Waals surface area contributed by atoms with E-state index < -0.39 is 0 Å². The standard InChI is InChI=1S/C35H38/c1-7-8-10-26-11-9-12-29(23-26)35(28-17-15-27(16-18-28)34(4,5)6)32-21-24(2)13-19-30(32)31-20-14-25(3)22-33(31)35/h9,11-23H,7-8,10H2,1-6H3. The van der Waals surface area contributed by atoms with Crippen LogP contribution < -0.4 is 0 Å². The molecule has 0 atom stereocenters. The van der Waals surface area contributed by atoms with Crippen LogP contribution in [0.15, 0.2) is 84.9 Å². The molecule has 0 nitrogen and oxygen atoms in total. The van der Waals surface area contributed by atoms with Gasteiger partial charge in [-0.2, -0.15) is 0 Å². The van der Waals surface area contributed by atoms with Gasteiger partial charge in [0.2, 0.25) is 0 Å². The zero-order valence-electron chi connectivity index (χ0n) is 22.2. The molecule has 0 unspecified atom stereocenters. The predicted octanol–water partition coefficient (Wildman–Crippen LogP) is 9.31. The monoisotopic (exact) mass is 458 g/mol. The summed E-state index contributed by atoms with van der Waals surface area (Å²) in [6.45, 7) is 13.6. The minimum atomic E-state index is -0.318. The summed E-state index contributed by atoms with van der Waals surface area (Å²) in [5, 5.41) is 0. The van der Waals surface area contributed by atoms with E-state index in [1.807, 2.05) is 0 Å². The Balaban J connectivity index is 1.86. The van der Waals surface area contributed by atoms with E-state index in [0.29, 0.717) is 0 Å². The molecule has 0 radical (unpaired) electrons. The molecule has 178 valence electrons. The lowest BCUT2D eigenvalue weighted by Gasteiger charge is -2.35. The molecule has 5 rings (SSSR count). The van der Waals surface area contributed by atoms with Crippen molar-refractivity contribution in [1.82, 2.24) is 0 Å². The summed E-state index contributed by atoms with van der Waals surface area (Å²) < 4.78 is 0. The highest BCUT2D eigenvalue weighted by Crippen LogP contribution is 2.56. The Morgan fingerprint density at radius 3 is 1.80 bits per heavy atom. The van der Waals surface area contributed by atoms with Crippen LogP contribution in [0.1, 0.15) is 85.0 Å². The van der Waals surface area contributed by atoms with Crippen molar-refractivity contribution in [3.05, 3.63) is 129 Å². The molecular weight excluding hydrogens is 420 g/mol. The summed E-state index contributed by atoms with van der Waals surface area (Å²) >= 11 is 0. The van der Waals surface area contributed by atoms with E-state index in [1.54, 1.807) is 0 Å². The molecule has 0 aromatic heterocycles. The Kier molecular flexibility index (Phi) is 5.96. The van der Waals surface area contributed by atoms with E-state index in [1.165, 1.54) is 68.5 Å². The highest BCUT2D eigenvalue weighted by molar-refractivity contribution is 5.86. The zero-order chi connectivity index (χ0) is 24.8. The van der Waals surface area contributed by atoms with Crippen molar-refractivity contribution in [3.63, 3.8) is 0 Å². The second-order valence-electron chi connectivity index (χ2n) is 11.5. The lowest BCUT2D eigenvalue weighted by molar-refractivity contribution is 0.589. The number of aryl methyl sites for hydroxylation is 3. The number of hydrogen-bond donors (Lipinski definition) is 0. The minimum Gasteiger partial charge on any atom is -0.0654 e. The Labute approximate surface area is 212 Å². The highest BCUT2D eigenvalue weighted by atomic mass is 14.5. The number of hydrogen-bond acceptors (Lipinski definition) is 0. The first-order valence-corrected chi connectivity index (χ1v) is 13.2. The van der Waals surface area contributed by atoms with E-state index in [2.05, 4.69) is 126 Å². The minimum absolute atomic E-state index is 0.129. The molecule has 4 aromatic rings. The topological polar surface area (TPSA) is 0 Å². The molecule has 0 aliphatic heterocycles. The van der Waals surface area contributed by atoms with Crippen molar-refractivity contribution in [2.24, 2.45) is 0 Å². The van der Waals surface area contributed by atoms with Gasteiger partial charge in [0, 0.05) is 0 Å². The molecular formula is C35H38. The summed E-state index contributed by atoms with van der Waals surface area (Å²) in [7, 11) is 0. The molecule has 0 saturated heterocycles. The van der Waals surface area contributed by atoms with E-state index in [9.17, 15) is 0 Å². The molecule has 0 fully saturated rings. The van der Waals surface area contributed by atoms with E-state index in [4.69, 9.17) is 0 Å². The molecule has 0 amide bonds. The van der Waals surface area contributed by atoms with Crippen molar-refractivity contribution >= 4 is 0 Å². The highest BCUT2D eigenvalue weighted by Gasteiger charge is 2.46. The first kappa shape index (κ1) is 23.6. The number of unbranched alkanes of at least 4 members (excludes halogenated alkanes) is 1. The second-order valence-corrected chi connectivity index (χ2v) is 11.5. The van der Waals surface area contributed by atoms with Crippen LogP contribution in [0.5, 0.6) is 0 Å². The summed E-state index contributed by atoms with van der Waals surface area (Å²) in [5.41, 5.74) is 13.5. The number of benzene rings is 4. The van der Waals surface area contributed by atoms with Crippen LogP contribution in [0, 0.1) is 13.8 Å². The van der Waals surface area contributed by atoms with Crippen molar-refractivity contribution in [1.29, 1.82) is 0 Å². The maximum Gasteiger partial charge on any atom is 0.0713 e. The summed E-state index contributed by atoms with van der Waals surface area (Å²) in [6, 6.07) is 33.0. The van der Waals surface area contributed by atoms with Gasteiger partial charge in [-0.1, -0.05) is 130 Å².